The van der Waals surface area contributed by atoms with Crippen molar-refractivity contribution in [3.63, 3.8) is 0 Å². The predicted molar refractivity (Wildman–Crippen MR) is 72.6 cm³/mol. The van der Waals surface area contributed by atoms with Gasteiger partial charge in [-0.2, -0.15) is 0 Å². The number of ether oxygens (including phenoxy) is 1. The summed E-state index contributed by atoms with van der Waals surface area (Å²) in [6.45, 7) is 1.89. The molecule has 2 rings (SSSR count). The lowest BCUT2D eigenvalue weighted by atomic mass is 10.3. The number of nitrogen functional groups attached to an aromatic ring is 1. The first-order chi connectivity index (χ1) is 8.06. The van der Waals surface area contributed by atoms with E-state index in [0.29, 0.717) is 22.3 Å². The Labute approximate surface area is 113 Å². The van der Waals surface area contributed by atoms with E-state index in [2.05, 4.69) is 20.9 Å². The van der Waals surface area contributed by atoms with E-state index in [0.717, 1.165) is 10.0 Å². The SMILES string of the molecule is Cc1cc(N)cnc1Oc1ccc(Cl)cc1Br. The molecular formula is C12H10BrClN2O. The molecule has 0 aliphatic rings. The van der Waals surface area contributed by atoms with E-state index in [-0.39, 0.29) is 0 Å². The maximum atomic E-state index is 5.85. The summed E-state index contributed by atoms with van der Waals surface area (Å²) in [7, 11) is 0. The number of anilines is 1. The molecule has 0 radical (unpaired) electrons. The summed E-state index contributed by atoms with van der Waals surface area (Å²) in [6, 6.07) is 7.12. The van der Waals surface area contributed by atoms with Gasteiger partial charge in [-0.05, 0) is 47.1 Å². The van der Waals surface area contributed by atoms with Gasteiger partial charge in [0.2, 0.25) is 5.88 Å². The van der Waals surface area contributed by atoms with Gasteiger partial charge in [-0.15, -0.1) is 0 Å². The molecule has 17 heavy (non-hydrogen) atoms. The van der Waals surface area contributed by atoms with E-state index in [1.807, 2.05) is 13.0 Å². The highest BCUT2D eigenvalue weighted by Gasteiger charge is 2.07. The summed E-state index contributed by atoms with van der Waals surface area (Å²) in [5, 5.41) is 0.645. The van der Waals surface area contributed by atoms with Gasteiger partial charge >= 0.3 is 0 Å². The second-order valence-corrected chi connectivity index (χ2v) is 4.86. The third kappa shape index (κ3) is 2.90. The van der Waals surface area contributed by atoms with Gasteiger partial charge in [0.1, 0.15) is 5.75 Å². The Morgan fingerprint density at radius 2 is 2.12 bits per heavy atom. The molecule has 0 saturated heterocycles. The average molecular weight is 314 g/mol. The highest BCUT2D eigenvalue weighted by atomic mass is 79.9. The molecule has 1 aromatic carbocycles. The van der Waals surface area contributed by atoms with Crippen LogP contribution in [-0.2, 0) is 0 Å². The van der Waals surface area contributed by atoms with Crippen molar-refractivity contribution in [2.45, 2.75) is 6.92 Å². The molecule has 0 spiro atoms. The lowest BCUT2D eigenvalue weighted by molar-refractivity contribution is 0.456. The Hall–Kier alpha value is -1.26. The van der Waals surface area contributed by atoms with Crippen molar-refractivity contribution >= 4 is 33.2 Å². The second-order valence-electron chi connectivity index (χ2n) is 3.57. The van der Waals surface area contributed by atoms with E-state index in [1.54, 1.807) is 24.4 Å². The second kappa shape index (κ2) is 4.94. The van der Waals surface area contributed by atoms with Crippen LogP contribution < -0.4 is 10.5 Å². The Bertz CT molecular complexity index is 511. The third-order valence-corrected chi connectivity index (χ3v) is 3.01. The Morgan fingerprint density at radius 1 is 1.35 bits per heavy atom. The quantitative estimate of drug-likeness (QED) is 0.904. The Balaban J connectivity index is 2.31. The zero-order chi connectivity index (χ0) is 12.4. The molecule has 0 fully saturated rings. The van der Waals surface area contributed by atoms with Gasteiger partial charge in [0.05, 0.1) is 16.4 Å². The van der Waals surface area contributed by atoms with E-state index in [4.69, 9.17) is 22.1 Å². The van der Waals surface area contributed by atoms with Crippen molar-refractivity contribution < 1.29 is 4.74 Å². The number of hydrogen-bond donors (Lipinski definition) is 1. The van der Waals surface area contributed by atoms with Crippen LogP contribution in [0.5, 0.6) is 11.6 Å². The minimum Gasteiger partial charge on any atom is -0.438 e. The number of pyridine rings is 1. The van der Waals surface area contributed by atoms with Crippen LogP contribution in [-0.4, -0.2) is 4.98 Å². The van der Waals surface area contributed by atoms with Gasteiger partial charge in [-0.25, -0.2) is 4.98 Å². The normalized spacial score (nSPS) is 10.3. The molecule has 2 aromatic rings. The Morgan fingerprint density at radius 3 is 2.76 bits per heavy atom. The first-order valence-corrected chi connectivity index (χ1v) is 6.08. The number of nitrogens with zero attached hydrogens (tertiary/aromatic N) is 1. The van der Waals surface area contributed by atoms with Gasteiger partial charge in [0, 0.05) is 10.6 Å². The standard InChI is InChI=1S/C12H10BrClN2O/c1-7-4-9(15)6-16-12(7)17-11-3-2-8(14)5-10(11)13/h2-6H,15H2,1H3. The fraction of sp³-hybridized carbons (Fsp3) is 0.0833. The van der Waals surface area contributed by atoms with Crippen molar-refractivity contribution in [1.29, 1.82) is 0 Å². The van der Waals surface area contributed by atoms with Crippen LogP contribution in [0.1, 0.15) is 5.56 Å². The molecule has 1 heterocycles. The van der Waals surface area contributed by atoms with Gasteiger partial charge in [0.15, 0.2) is 0 Å². The number of aryl methyl sites for hydroxylation is 1. The number of aromatic nitrogens is 1. The molecule has 0 amide bonds. The summed E-state index contributed by atoms with van der Waals surface area (Å²) in [4.78, 5) is 4.14. The van der Waals surface area contributed by atoms with Crippen molar-refractivity contribution in [3.8, 4) is 11.6 Å². The topological polar surface area (TPSA) is 48.1 Å². The molecule has 3 nitrogen and oxygen atoms in total. The number of rotatable bonds is 2. The van der Waals surface area contributed by atoms with Crippen molar-refractivity contribution in [2.24, 2.45) is 0 Å². The van der Waals surface area contributed by atoms with Crippen LogP contribution >= 0.6 is 27.5 Å². The van der Waals surface area contributed by atoms with Crippen molar-refractivity contribution in [3.05, 3.63) is 45.5 Å². The van der Waals surface area contributed by atoms with E-state index in [9.17, 15) is 0 Å². The summed E-state index contributed by atoms with van der Waals surface area (Å²) < 4.78 is 6.46. The van der Waals surface area contributed by atoms with E-state index in [1.165, 1.54) is 0 Å². The predicted octanol–water partition coefficient (Wildman–Crippen LogP) is 4.18. The molecular weight excluding hydrogens is 304 g/mol. The smallest absolute Gasteiger partial charge is 0.222 e. The molecule has 0 aliphatic carbocycles. The summed E-state index contributed by atoms with van der Waals surface area (Å²) in [6.07, 6.45) is 1.56. The minimum absolute atomic E-state index is 0.530. The van der Waals surface area contributed by atoms with Gasteiger partial charge in [-0.1, -0.05) is 11.6 Å². The fourth-order valence-electron chi connectivity index (χ4n) is 1.35. The molecule has 1 aromatic heterocycles. The lowest BCUT2D eigenvalue weighted by Crippen LogP contribution is -1.94. The first kappa shape index (κ1) is 12.2. The highest BCUT2D eigenvalue weighted by molar-refractivity contribution is 9.10. The monoisotopic (exact) mass is 312 g/mol. The van der Waals surface area contributed by atoms with Crippen LogP contribution in [0.3, 0.4) is 0 Å². The molecule has 0 bridgehead atoms. The maximum absolute atomic E-state index is 5.85. The maximum Gasteiger partial charge on any atom is 0.222 e. The average Bonchev–Trinajstić information content (AvgIpc) is 2.25. The summed E-state index contributed by atoms with van der Waals surface area (Å²) in [5.41, 5.74) is 7.12. The van der Waals surface area contributed by atoms with Crippen molar-refractivity contribution in [2.75, 3.05) is 5.73 Å². The first-order valence-electron chi connectivity index (χ1n) is 4.91. The number of nitrogens with two attached hydrogens (primary N) is 1. The van der Waals surface area contributed by atoms with Crippen LogP contribution in [0, 0.1) is 6.92 Å². The molecule has 88 valence electrons. The van der Waals surface area contributed by atoms with E-state index >= 15 is 0 Å². The lowest BCUT2D eigenvalue weighted by Gasteiger charge is -2.09. The number of benzene rings is 1. The summed E-state index contributed by atoms with van der Waals surface area (Å²) >= 11 is 9.24. The Kier molecular flexibility index (Phi) is 3.54. The molecule has 2 N–H and O–H groups in total. The molecule has 0 aliphatic heterocycles. The molecule has 0 saturated carbocycles. The van der Waals surface area contributed by atoms with Crippen molar-refractivity contribution in [1.82, 2.24) is 4.98 Å². The number of hydrogen-bond acceptors (Lipinski definition) is 3. The van der Waals surface area contributed by atoms with Crippen LogP contribution in [0.4, 0.5) is 5.69 Å². The zero-order valence-corrected chi connectivity index (χ0v) is 11.4. The number of halogens is 2. The van der Waals surface area contributed by atoms with Crippen LogP contribution in [0.15, 0.2) is 34.9 Å². The molecule has 5 heteroatoms. The molecule has 0 atom stereocenters. The van der Waals surface area contributed by atoms with Gasteiger partial charge in [0.25, 0.3) is 0 Å². The van der Waals surface area contributed by atoms with Crippen LogP contribution in [0.25, 0.3) is 0 Å². The highest BCUT2D eigenvalue weighted by Crippen LogP contribution is 2.32. The van der Waals surface area contributed by atoms with Gasteiger partial charge in [-0.3, -0.25) is 0 Å². The van der Waals surface area contributed by atoms with Crippen LogP contribution in [0.2, 0.25) is 5.02 Å². The zero-order valence-electron chi connectivity index (χ0n) is 9.08. The molecule has 0 unspecified atom stereocenters. The summed E-state index contributed by atoms with van der Waals surface area (Å²) in [5.74, 6) is 1.19. The largest absolute Gasteiger partial charge is 0.438 e. The van der Waals surface area contributed by atoms with E-state index < -0.39 is 0 Å². The third-order valence-electron chi connectivity index (χ3n) is 2.15. The minimum atomic E-state index is 0.530. The van der Waals surface area contributed by atoms with Gasteiger partial charge < -0.3 is 10.5 Å². The fourth-order valence-corrected chi connectivity index (χ4v) is 2.12.